The molecule has 1 fully saturated rings. The maximum atomic E-state index is 9.73. The number of benzene rings is 1. The molecule has 1 heterocycles. The molecule has 3 nitrogen and oxygen atoms in total. The van der Waals surface area contributed by atoms with Crippen molar-refractivity contribution in [3.63, 3.8) is 0 Å². The molecule has 0 aliphatic carbocycles. The van der Waals surface area contributed by atoms with Crippen molar-refractivity contribution in [2.24, 2.45) is 0 Å². The maximum absolute atomic E-state index is 9.73. The molecule has 1 aromatic rings. The fraction of sp³-hybridized carbons (Fsp3) is 0.429. The van der Waals surface area contributed by atoms with E-state index < -0.39 is 5.79 Å². The standard InChI is InChI=1S/C14H18O3/c1-3-7-11-8-5-6-9-12(11)16-10-13-14(15,4-2)17-13/h3,5-6,8-9,13,15H,1,4,7,10H2,2H3. The molecular formula is C14H18O3. The van der Waals surface area contributed by atoms with Crippen LogP contribution in [0.4, 0.5) is 0 Å². The van der Waals surface area contributed by atoms with E-state index in [0.717, 1.165) is 17.7 Å². The monoisotopic (exact) mass is 234 g/mol. The molecule has 0 saturated carbocycles. The number of rotatable bonds is 6. The normalized spacial score (nSPS) is 26.6. The highest BCUT2D eigenvalue weighted by molar-refractivity contribution is 5.34. The molecule has 92 valence electrons. The molecule has 0 bridgehead atoms. The van der Waals surface area contributed by atoms with Crippen LogP contribution in [-0.4, -0.2) is 23.6 Å². The van der Waals surface area contributed by atoms with Gasteiger partial charge in [0, 0.05) is 6.42 Å². The van der Waals surface area contributed by atoms with E-state index in [-0.39, 0.29) is 6.10 Å². The van der Waals surface area contributed by atoms with Gasteiger partial charge in [-0.15, -0.1) is 6.58 Å². The van der Waals surface area contributed by atoms with Crippen LogP contribution < -0.4 is 4.74 Å². The Morgan fingerprint density at radius 1 is 1.53 bits per heavy atom. The molecule has 1 aromatic carbocycles. The average Bonchev–Trinajstić information content (AvgIpc) is 3.01. The van der Waals surface area contributed by atoms with E-state index in [1.165, 1.54) is 0 Å². The predicted octanol–water partition coefficient (Wildman–Crippen LogP) is 2.29. The summed E-state index contributed by atoms with van der Waals surface area (Å²) < 4.78 is 10.9. The predicted molar refractivity (Wildman–Crippen MR) is 66.0 cm³/mol. The molecule has 0 aromatic heterocycles. The zero-order valence-corrected chi connectivity index (χ0v) is 10.1. The third-order valence-electron chi connectivity index (χ3n) is 3.03. The van der Waals surface area contributed by atoms with Gasteiger partial charge in [-0.2, -0.15) is 0 Å². The Morgan fingerprint density at radius 2 is 2.29 bits per heavy atom. The lowest BCUT2D eigenvalue weighted by atomic mass is 10.1. The Bertz CT molecular complexity index is 402. The summed E-state index contributed by atoms with van der Waals surface area (Å²) in [6, 6.07) is 7.84. The maximum Gasteiger partial charge on any atom is 0.196 e. The minimum atomic E-state index is -0.965. The van der Waals surface area contributed by atoms with Gasteiger partial charge in [-0.25, -0.2) is 0 Å². The van der Waals surface area contributed by atoms with Gasteiger partial charge in [0.2, 0.25) is 0 Å². The number of epoxide rings is 1. The van der Waals surface area contributed by atoms with Crippen LogP contribution in [0.5, 0.6) is 5.75 Å². The van der Waals surface area contributed by atoms with Crippen molar-refractivity contribution in [2.45, 2.75) is 31.7 Å². The summed E-state index contributed by atoms with van der Waals surface area (Å²) in [6.07, 6.45) is 3.01. The fourth-order valence-corrected chi connectivity index (χ4v) is 1.82. The van der Waals surface area contributed by atoms with E-state index in [1.54, 1.807) is 0 Å². The van der Waals surface area contributed by atoms with Crippen molar-refractivity contribution in [1.29, 1.82) is 0 Å². The summed E-state index contributed by atoms with van der Waals surface area (Å²) in [6.45, 7) is 6.00. The third-order valence-corrected chi connectivity index (χ3v) is 3.03. The quantitative estimate of drug-likeness (QED) is 0.606. The van der Waals surface area contributed by atoms with Gasteiger partial charge in [0.15, 0.2) is 5.79 Å². The molecule has 0 spiro atoms. The van der Waals surface area contributed by atoms with E-state index in [0.29, 0.717) is 13.0 Å². The summed E-state index contributed by atoms with van der Waals surface area (Å²) >= 11 is 0. The molecule has 1 N–H and O–H groups in total. The van der Waals surface area contributed by atoms with Crippen LogP contribution in [0.25, 0.3) is 0 Å². The minimum absolute atomic E-state index is 0.204. The summed E-state index contributed by atoms with van der Waals surface area (Å²) in [5, 5.41) is 9.73. The second-order valence-electron chi connectivity index (χ2n) is 4.22. The van der Waals surface area contributed by atoms with Crippen molar-refractivity contribution in [2.75, 3.05) is 6.61 Å². The van der Waals surface area contributed by atoms with Crippen LogP contribution in [0.3, 0.4) is 0 Å². The highest BCUT2D eigenvalue weighted by atomic mass is 16.7. The van der Waals surface area contributed by atoms with Crippen molar-refractivity contribution in [3.05, 3.63) is 42.5 Å². The molecule has 1 aliphatic rings. The number of aliphatic hydroxyl groups is 1. The molecule has 2 unspecified atom stereocenters. The zero-order valence-electron chi connectivity index (χ0n) is 10.1. The third kappa shape index (κ3) is 2.68. The largest absolute Gasteiger partial charge is 0.490 e. The summed E-state index contributed by atoms with van der Waals surface area (Å²) in [4.78, 5) is 0. The van der Waals surface area contributed by atoms with Crippen LogP contribution >= 0.6 is 0 Å². The van der Waals surface area contributed by atoms with Crippen LogP contribution in [0, 0.1) is 0 Å². The SMILES string of the molecule is C=CCc1ccccc1OCC1OC1(O)CC. The number of hydrogen-bond donors (Lipinski definition) is 1. The van der Waals surface area contributed by atoms with Crippen LogP contribution in [0.15, 0.2) is 36.9 Å². The molecule has 0 amide bonds. The number of allylic oxidation sites excluding steroid dienone is 1. The smallest absolute Gasteiger partial charge is 0.196 e. The number of hydrogen-bond acceptors (Lipinski definition) is 3. The minimum Gasteiger partial charge on any atom is -0.490 e. The lowest BCUT2D eigenvalue weighted by molar-refractivity contribution is 0.0331. The average molecular weight is 234 g/mol. The van der Waals surface area contributed by atoms with Gasteiger partial charge in [-0.1, -0.05) is 31.2 Å². The molecule has 2 rings (SSSR count). The first-order valence-corrected chi connectivity index (χ1v) is 5.91. The van der Waals surface area contributed by atoms with Gasteiger partial charge in [-0.05, 0) is 18.1 Å². The molecule has 1 aliphatic heterocycles. The van der Waals surface area contributed by atoms with Gasteiger partial charge in [0.25, 0.3) is 0 Å². The topological polar surface area (TPSA) is 42.0 Å². The lowest BCUT2D eigenvalue weighted by Gasteiger charge is -2.09. The molecule has 0 radical (unpaired) electrons. The van der Waals surface area contributed by atoms with Gasteiger partial charge < -0.3 is 14.6 Å². The second kappa shape index (κ2) is 4.90. The van der Waals surface area contributed by atoms with Gasteiger partial charge >= 0.3 is 0 Å². The second-order valence-corrected chi connectivity index (χ2v) is 4.22. The van der Waals surface area contributed by atoms with E-state index in [2.05, 4.69) is 6.58 Å². The molecule has 3 heteroatoms. The van der Waals surface area contributed by atoms with E-state index >= 15 is 0 Å². The van der Waals surface area contributed by atoms with Crippen molar-refractivity contribution >= 4 is 0 Å². The summed E-state index contributed by atoms with van der Waals surface area (Å²) in [7, 11) is 0. The Balaban J connectivity index is 1.93. The molecule has 1 saturated heterocycles. The van der Waals surface area contributed by atoms with E-state index in [9.17, 15) is 5.11 Å². The van der Waals surface area contributed by atoms with Crippen LogP contribution in [0.1, 0.15) is 18.9 Å². The van der Waals surface area contributed by atoms with Crippen LogP contribution in [-0.2, 0) is 11.2 Å². The summed E-state index contributed by atoms with van der Waals surface area (Å²) in [5.41, 5.74) is 1.10. The van der Waals surface area contributed by atoms with Crippen LogP contribution in [0.2, 0.25) is 0 Å². The lowest BCUT2D eigenvalue weighted by Crippen LogP contribution is -2.18. The number of para-hydroxylation sites is 1. The summed E-state index contributed by atoms with van der Waals surface area (Å²) in [5.74, 6) is -0.130. The first-order chi connectivity index (χ1) is 8.19. The molecule has 2 atom stereocenters. The van der Waals surface area contributed by atoms with Gasteiger partial charge in [0.1, 0.15) is 18.5 Å². The van der Waals surface area contributed by atoms with E-state index in [1.807, 2.05) is 37.3 Å². The molecule has 17 heavy (non-hydrogen) atoms. The van der Waals surface area contributed by atoms with Gasteiger partial charge in [0.05, 0.1) is 0 Å². The first kappa shape index (κ1) is 12.1. The highest BCUT2D eigenvalue weighted by Gasteiger charge is 2.54. The first-order valence-electron chi connectivity index (χ1n) is 5.91. The van der Waals surface area contributed by atoms with Gasteiger partial charge in [-0.3, -0.25) is 0 Å². The Hall–Kier alpha value is -1.32. The molecular weight excluding hydrogens is 216 g/mol. The van der Waals surface area contributed by atoms with Crippen molar-refractivity contribution in [1.82, 2.24) is 0 Å². The highest BCUT2D eigenvalue weighted by Crippen LogP contribution is 2.37. The number of ether oxygens (including phenoxy) is 2. The fourth-order valence-electron chi connectivity index (χ4n) is 1.82. The van der Waals surface area contributed by atoms with E-state index in [4.69, 9.17) is 9.47 Å². The zero-order chi connectivity index (χ0) is 12.3. The Kier molecular flexibility index (Phi) is 3.50. The van der Waals surface area contributed by atoms with Crippen molar-refractivity contribution < 1.29 is 14.6 Å². The Morgan fingerprint density at radius 3 is 2.94 bits per heavy atom. The van der Waals surface area contributed by atoms with Crippen molar-refractivity contribution in [3.8, 4) is 5.75 Å². The Labute approximate surface area is 102 Å².